The molecule has 0 aliphatic carbocycles. The molecule has 9 nitrogen and oxygen atoms in total. The van der Waals surface area contributed by atoms with Gasteiger partial charge in [0.2, 0.25) is 0 Å². The fourth-order valence-corrected chi connectivity index (χ4v) is 1.77. The summed E-state index contributed by atoms with van der Waals surface area (Å²) in [7, 11) is 1.57. The van der Waals surface area contributed by atoms with Crippen molar-refractivity contribution < 1.29 is 14.7 Å². The van der Waals surface area contributed by atoms with Crippen LogP contribution in [0.1, 0.15) is 12.8 Å². The molecule has 0 spiro atoms. The normalized spacial score (nSPS) is 19.4. The SMILES string of the molecule is Cn1nnc(NC(=O)N2CCCC2C(=O)O)n1. The Labute approximate surface area is 96.4 Å². The molecule has 1 aliphatic rings. The van der Waals surface area contributed by atoms with Gasteiger partial charge in [-0.15, -0.1) is 5.10 Å². The summed E-state index contributed by atoms with van der Waals surface area (Å²) in [5.41, 5.74) is 0. The Balaban J connectivity index is 2.02. The summed E-state index contributed by atoms with van der Waals surface area (Å²) in [4.78, 5) is 25.1. The average Bonchev–Trinajstić information content (AvgIpc) is 2.86. The molecule has 0 aromatic carbocycles. The zero-order valence-electron chi connectivity index (χ0n) is 9.20. The van der Waals surface area contributed by atoms with Crippen molar-refractivity contribution >= 4 is 17.9 Å². The number of aromatic nitrogens is 4. The maximum absolute atomic E-state index is 11.8. The number of hydrogen-bond acceptors (Lipinski definition) is 5. The van der Waals surface area contributed by atoms with E-state index in [9.17, 15) is 9.59 Å². The Bertz CT molecular complexity index is 444. The van der Waals surface area contributed by atoms with E-state index in [0.29, 0.717) is 19.4 Å². The monoisotopic (exact) mass is 240 g/mol. The number of aryl methyl sites for hydroxylation is 1. The maximum Gasteiger partial charge on any atom is 0.326 e. The number of aliphatic carboxylic acids is 1. The van der Waals surface area contributed by atoms with E-state index in [1.54, 1.807) is 7.05 Å². The number of nitrogens with one attached hydrogen (secondary N) is 1. The van der Waals surface area contributed by atoms with E-state index in [-0.39, 0.29) is 5.95 Å². The molecular weight excluding hydrogens is 228 g/mol. The lowest BCUT2D eigenvalue weighted by Crippen LogP contribution is -2.43. The summed E-state index contributed by atoms with van der Waals surface area (Å²) in [5, 5.41) is 22.3. The van der Waals surface area contributed by atoms with Crippen molar-refractivity contribution in [3.8, 4) is 0 Å². The van der Waals surface area contributed by atoms with Crippen LogP contribution in [0.4, 0.5) is 10.7 Å². The van der Waals surface area contributed by atoms with Gasteiger partial charge in [-0.2, -0.15) is 4.80 Å². The maximum atomic E-state index is 11.8. The van der Waals surface area contributed by atoms with E-state index in [1.807, 2.05) is 0 Å². The number of rotatable bonds is 2. The Hall–Kier alpha value is -2.19. The quantitative estimate of drug-likeness (QED) is 0.706. The van der Waals surface area contributed by atoms with E-state index in [4.69, 9.17) is 5.11 Å². The van der Waals surface area contributed by atoms with Gasteiger partial charge in [0.15, 0.2) is 0 Å². The van der Waals surface area contributed by atoms with Gasteiger partial charge in [0.1, 0.15) is 6.04 Å². The fraction of sp³-hybridized carbons (Fsp3) is 0.625. The predicted octanol–water partition coefficient (Wildman–Crippen LogP) is -0.709. The van der Waals surface area contributed by atoms with Crippen LogP contribution in [0.25, 0.3) is 0 Å². The summed E-state index contributed by atoms with van der Waals surface area (Å²) in [6.45, 7) is 0.420. The summed E-state index contributed by atoms with van der Waals surface area (Å²) in [6, 6.07) is -1.28. The average molecular weight is 240 g/mol. The van der Waals surface area contributed by atoms with Gasteiger partial charge in [0.25, 0.3) is 5.95 Å². The summed E-state index contributed by atoms with van der Waals surface area (Å²) in [6.07, 6.45) is 1.15. The highest BCUT2D eigenvalue weighted by Crippen LogP contribution is 2.18. The predicted molar refractivity (Wildman–Crippen MR) is 55.2 cm³/mol. The molecule has 2 rings (SSSR count). The van der Waals surface area contributed by atoms with Crippen molar-refractivity contribution in [1.82, 2.24) is 25.1 Å². The van der Waals surface area contributed by atoms with Crippen LogP contribution in [0.15, 0.2) is 0 Å². The van der Waals surface area contributed by atoms with E-state index >= 15 is 0 Å². The van der Waals surface area contributed by atoms with Gasteiger partial charge in [0, 0.05) is 6.54 Å². The molecule has 9 heteroatoms. The van der Waals surface area contributed by atoms with Gasteiger partial charge in [-0.3, -0.25) is 5.32 Å². The molecule has 1 fully saturated rings. The third-order valence-corrected chi connectivity index (χ3v) is 2.53. The Morgan fingerprint density at radius 1 is 1.53 bits per heavy atom. The minimum atomic E-state index is -0.996. The fourth-order valence-electron chi connectivity index (χ4n) is 1.77. The first kappa shape index (κ1) is 11.3. The van der Waals surface area contributed by atoms with Crippen LogP contribution in [0.2, 0.25) is 0 Å². The largest absolute Gasteiger partial charge is 0.480 e. The summed E-state index contributed by atoms with van der Waals surface area (Å²) >= 11 is 0. The van der Waals surface area contributed by atoms with Crippen molar-refractivity contribution in [2.45, 2.75) is 18.9 Å². The second-order valence-corrected chi connectivity index (χ2v) is 3.72. The molecule has 1 atom stereocenters. The van der Waals surface area contributed by atoms with Gasteiger partial charge in [0.05, 0.1) is 7.05 Å². The van der Waals surface area contributed by atoms with Crippen molar-refractivity contribution in [3.63, 3.8) is 0 Å². The number of hydrogen-bond donors (Lipinski definition) is 2. The van der Waals surface area contributed by atoms with Crippen LogP contribution < -0.4 is 5.32 Å². The highest BCUT2D eigenvalue weighted by atomic mass is 16.4. The number of carbonyl (C=O) groups excluding carboxylic acids is 1. The van der Waals surface area contributed by atoms with Crippen LogP contribution in [0.3, 0.4) is 0 Å². The molecule has 2 amide bonds. The number of carboxylic acid groups (broad SMARTS) is 1. The second kappa shape index (κ2) is 4.36. The first-order chi connectivity index (χ1) is 8.08. The van der Waals surface area contributed by atoms with E-state index in [0.717, 1.165) is 0 Å². The molecule has 1 aliphatic heterocycles. The number of likely N-dealkylation sites (tertiary alicyclic amines) is 1. The standard InChI is InChI=1S/C8H12N6O3/c1-13-11-7(10-12-13)9-8(17)14-4-2-3-5(14)6(15)16/h5H,2-4H2,1H3,(H,15,16)(H,9,11,17). The number of tetrazole rings is 1. The smallest absolute Gasteiger partial charge is 0.326 e. The lowest BCUT2D eigenvalue weighted by Gasteiger charge is -2.20. The molecule has 1 unspecified atom stereocenters. The Morgan fingerprint density at radius 3 is 2.88 bits per heavy atom. The number of anilines is 1. The molecule has 2 N–H and O–H groups in total. The Kier molecular flexibility index (Phi) is 2.90. The highest BCUT2D eigenvalue weighted by molar-refractivity contribution is 5.91. The van der Waals surface area contributed by atoms with Crippen molar-refractivity contribution in [1.29, 1.82) is 0 Å². The van der Waals surface area contributed by atoms with E-state index < -0.39 is 18.0 Å². The third kappa shape index (κ3) is 2.32. The minimum absolute atomic E-state index is 0.0635. The molecule has 17 heavy (non-hydrogen) atoms. The molecule has 1 aromatic heterocycles. The first-order valence-corrected chi connectivity index (χ1v) is 5.12. The second-order valence-electron chi connectivity index (χ2n) is 3.72. The van der Waals surface area contributed by atoms with E-state index in [2.05, 4.69) is 20.7 Å². The molecule has 0 saturated carbocycles. The zero-order chi connectivity index (χ0) is 12.4. The van der Waals surface area contributed by atoms with Gasteiger partial charge >= 0.3 is 12.0 Å². The van der Waals surface area contributed by atoms with Crippen molar-refractivity contribution in [3.05, 3.63) is 0 Å². The molecule has 1 saturated heterocycles. The summed E-state index contributed by atoms with van der Waals surface area (Å²) in [5.74, 6) is -0.932. The topological polar surface area (TPSA) is 113 Å². The van der Waals surface area contributed by atoms with Gasteiger partial charge in [-0.1, -0.05) is 5.10 Å². The lowest BCUT2D eigenvalue weighted by atomic mass is 10.2. The molecule has 2 heterocycles. The molecular formula is C8H12N6O3. The van der Waals surface area contributed by atoms with Gasteiger partial charge < -0.3 is 10.0 Å². The number of urea groups is 1. The van der Waals surface area contributed by atoms with Crippen LogP contribution >= 0.6 is 0 Å². The number of amides is 2. The van der Waals surface area contributed by atoms with Gasteiger partial charge in [-0.05, 0) is 18.1 Å². The van der Waals surface area contributed by atoms with Crippen LogP contribution in [-0.2, 0) is 11.8 Å². The van der Waals surface area contributed by atoms with E-state index in [1.165, 1.54) is 9.70 Å². The number of nitrogens with zero attached hydrogens (tertiary/aromatic N) is 5. The van der Waals surface area contributed by atoms with Gasteiger partial charge in [-0.25, -0.2) is 9.59 Å². The molecule has 0 bridgehead atoms. The zero-order valence-corrected chi connectivity index (χ0v) is 9.20. The molecule has 92 valence electrons. The van der Waals surface area contributed by atoms with Crippen molar-refractivity contribution in [2.24, 2.45) is 7.05 Å². The number of carbonyl (C=O) groups is 2. The number of carboxylic acids is 1. The lowest BCUT2D eigenvalue weighted by molar-refractivity contribution is -0.141. The van der Waals surface area contributed by atoms with Crippen LogP contribution in [0, 0.1) is 0 Å². The first-order valence-electron chi connectivity index (χ1n) is 5.12. The van der Waals surface area contributed by atoms with Crippen LogP contribution in [-0.4, -0.2) is 54.8 Å². The van der Waals surface area contributed by atoms with Crippen molar-refractivity contribution in [2.75, 3.05) is 11.9 Å². The highest BCUT2D eigenvalue weighted by Gasteiger charge is 2.34. The molecule has 0 radical (unpaired) electrons. The summed E-state index contributed by atoms with van der Waals surface area (Å²) < 4.78 is 0. The Morgan fingerprint density at radius 2 is 2.29 bits per heavy atom. The molecule has 1 aromatic rings. The third-order valence-electron chi connectivity index (χ3n) is 2.53. The van der Waals surface area contributed by atoms with Crippen LogP contribution in [0.5, 0.6) is 0 Å². The minimum Gasteiger partial charge on any atom is -0.480 e.